The molecule has 0 aliphatic carbocycles. The number of nitrogens with one attached hydrogen (secondary N) is 2. The molecule has 2 N–H and O–H groups in total. The van der Waals surface area contributed by atoms with Crippen LogP contribution < -0.4 is 10.0 Å². The second kappa shape index (κ2) is 10.4. The summed E-state index contributed by atoms with van der Waals surface area (Å²) in [5.74, 6) is -1.55. The quantitative estimate of drug-likeness (QED) is 0.502. The highest BCUT2D eigenvalue weighted by atomic mass is 32.2. The summed E-state index contributed by atoms with van der Waals surface area (Å²) in [7, 11) is -4.68. The number of hydrogen-bond donors (Lipinski definition) is 2. The van der Waals surface area contributed by atoms with Gasteiger partial charge in [-0.2, -0.15) is 0 Å². The van der Waals surface area contributed by atoms with Crippen molar-refractivity contribution in [3.63, 3.8) is 0 Å². The number of ether oxygens (including phenoxy) is 1. The fraction of sp³-hybridized carbons (Fsp3) is 0.333. The zero-order valence-electron chi connectivity index (χ0n) is 19.0. The summed E-state index contributed by atoms with van der Waals surface area (Å²) in [5.41, 5.74) is 1.22. The van der Waals surface area contributed by atoms with Crippen molar-refractivity contribution in [2.75, 3.05) is 32.6 Å². The highest BCUT2D eigenvalue weighted by Crippen LogP contribution is 2.22. The maximum absolute atomic E-state index is 12.5. The second-order valence-corrected chi connectivity index (χ2v) is 11.3. The smallest absolute Gasteiger partial charge is 0.338 e. The van der Waals surface area contributed by atoms with Gasteiger partial charge in [-0.15, -0.1) is 0 Å². The molecule has 1 amide bonds. The average Bonchev–Trinajstić information content (AvgIpc) is 2.73. The van der Waals surface area contributed by atoms with Gasteiger partial charge in [0.25, 0.3) is 5.91 Å². The molecule has 0 radical (unpaired) electrons. The average molecular weight is 498 g/mol. The molecule has 2 rings (SSSR count). The Morgan fingerprint density at radius 3 is 2.21 bits per heavy atom. The first-order valence-corrected chi connectivity index (χ1v) is 12.8. The minimum absolute atomic E-state index is 0.0106. The van der Waals surface area contributed by atoms with E-state index in [9.17, 15) is 26.4 Å². The molecule has 0 heterocycles. The Balaban J connectivity index is 2.13. The van der Waals surface area contributed by atoms with E-state index in [4.69, 9.17) is 4.74 Å². The highest BCUT2D eigenvalue weighted by molar-refractivity contribution is 7.89. The van der Waals surface area contributed by atoms with E-state index in [-0.39, 0.29) is 27.6 Å². The van der Waals surface area contributed by atoms with Crippen molar-refractivity contribution in [2.24, 2.45) is 0 Å². The molecular weight excluding hydrogens is 470 g/mol. The van der Waals surface area contributed by atoms with Gasteiger partial charge in [-0.25, -0.2) is 30.7 Å². The van der Waals surface area contributed by atoms with Crippen molar-refractivity contribution >= 4 is 37.6 Å². The molecule has 12 heteroatoms. The molecule has 10 nitrogen and oxygen atoms in total. The van der Waals surface area contributed by atoms with Crippen LogP contribution in [0.25, 0.3) is 0 Å². The lowest BCUT2D eigenvalue weighted by molar-refractivity contribution is -0.119. The zero-order valence-corrected chi connectivity index (χ0v) is 20.6. The first-order valence-electron chi connectivity index (χ1n) is 9.90. The molecule has 33 heavy (non-hydrogen) atoms. The lowest BCUT2D eigenvalue weighted by Gasteiger charge is -2.15. The van der Waals surface area contributed by atoms with Crippen molar-refractivity contribution in [1.29, 1.82) is 0 Å². The van der Waals surface area contributed by atoms with Crippen molar-refractivity contribution in [3.05, 3.63) is 53.1 Å². The molecule has 0 aromatic heterocycles. The van der Waals surface area contributed by atoms with Crippen LogP contribution >= 0.6 is 0 Å². The third-order valence-corrected chi connectivity index (χ3v) is 8.14. The van der Waals surface area contributed by atoms with E-state index in [0.717, 1.165) is 4.31 Å². The lowest BCUT2D eigenvalue weighted by atomic mass is 10.1. The van der Waals surface area contributed by atoms with Crippen LogP contribution in [0.3, 0.4) is 0 Å². The zero-order chi connectivity index (χ0) is 25.0. The SMILES string of the molecule is CCNS(=O)(=O)c1ccc(C)c(C(=O)OCC(=O)Nc2ccc(C)c(S(=O)(=O)N(C)C)c2)c1. The minimum atomic E-state index is -3.77. The molecule has 2 aromatic rings. The number of amides is 1. The number of esters is 1. The van der Waals surface area contributed by atoms with Gasteiger partial charge in [0.1, 0.15) is 0 Å². The summed E-state index contributed by atoms with van der Waals surface area (Å²) >= 11 is 0. The van der Waals surface area contributed by atoms with E-state index in [0.29, 0.717) is 11.1 Å². The van der Waals surface area contributed by atoms with E-state index in [1.54, 1.807) is 26.8 Å². The Kier molecular flexibility index (Phi) is 8.36. The Hall–Kier alpha value is -2.80. The standard InChI is InChI=1S/C21H27N3O7S2/c1-6-22-32(27,28)17-10-8-14(2)18(12-17)21(26)31-13-20(25)23-16-9-7-15(3)19(11-16)33(29,30)24(4)5/h7-12,22H,6,13H2,1-5H3,(H,23,25). The molecule has 2 aromatic carbocycles. The van der Waals surface area contributed by atoms with Crippen LogP contribution in [0.5, 0.6) is 0 Å². The maximum Gasteiger partial charge on any atom is 0.338 e. The van der Waals surface area contributed by atoms with E-state index in [2.05, 4.69) is 10.0 Å². The van der Waals surface area contributed by atoms with Gasteiger partial charge in [0.05, 0.1) is 15.4 Å². The number of sulfonamides is 2. The van der Waals surface area contributed by atoms with Crippen molar-refractivity contribution in [3.8, 4) is 0 Å². The normalized spacial score (nSPS) is 11.9. The Morgan fingerprint density at radius 1 is 0.970 bits per heavy atom. The van der Waals surface area contributed by atoms with Crippen molar-refractivity contribution in [2.45, 2.75) is 30.6 Å². The predicted octanol–water partition coefficient (Wildman–Crippen LogP) is 1.65. The Morgan fingerprint density at radius 2 is 1.61 bits per heavy atom. The summed E-state index contributed by atoms with van der Waals surface area (Å²) in [5, 5.41) is 2.49. The predicted molar refractivity (Wildman–Crippen MR) is 123 cm³/mol. The minimum Gasteiger partial charge on any atom is -0.452 e. The number of rotatable bonds is 9. The third-order valence-electron chi connectivity index (χ3n) is 4.64. The Bertz CT molecular complexity index is 1270. The molecule has 0 saturated carbocycles. The molecule has 0 aliphatic heterocycles. The molecule has 180 valence electrons. The van der Waals surface area contributed by atoms with Gasteiger partial charge in [0.2, 0.25) is 20.0 Å². The number of hydrogen-bond acceptors (Lipinski definition) is 7. The van der Waals surface area contributed by atoms with Crippen LogP contribution in [-0.4, -0.2) is 60.3 Å². The summed E-state index contributed by atoms with van der Waals surface area (Å²) in [6.45, 7) is 4.42. The summed E-state index contributed by atoms with van der Waals surface area (Å²) < 4.78 is 57.7. The molecule has 0 bridgehead atoms. The summed E-state index contributed by atoms with van der Waals surface area (Å²) in [4.78, 5) is 24.7. The number of benzene rings is 2. The molecule has 0 saturated heterocycles. The topological polar surface area (TPSA) is 139 Å². The van der Waals surface area contributed by atoms with Crippen LogP contribution in [0.2, 0.25) is 0 Å². The van der Waals surface area contributed by atoms with E-state index < -0.39 is 38.5 Å². The van der Waals surface area contributed by atoms with Crippen LogP contribution in [-0.2, 0) is 29.6 Å². The van der Waals surface area contributed by atoms with E-state index in [1.165, 1.54) is 44.4 Å². The third kappa shape index (κ3) is 6.38. The van der Waals surface area contributed by atoms with Gasteiger partial charge < -0.3 is 10.1 Å². The first kappa shape index (κ1) is 26.5. The molecule has 0 aliphatic rings. The molecule has 0 spiro atoms. The van der Waals surface area contributed by atoms with E-state index in [1.807, 2.05) is 0 Å². The summed E-state index contributed by atoms with van der Waals surface area (Å²) in [6.07, 6.45) is 0. The lowest BCUT2D eigenvalue weighted by Crippen LogP contribution is -2.25. The number of nitrogens with zero attached hydrogens (tertiary/aromatic N) is 1. The van der Waals surface area contributed by atoms with Gasteiger partial charge in [0.15, 0.2) is 6.61 Å². The molecule has 0 atom stereocenters. The fourth-order valence-corrected chi connectivity index (χ4v) is 5.03. The first-order chi connectivity index (χ1) is 15.3. The van der Waals surface area contributed by atoms with Gasteiger partial charge in [-0.3, -0.25) is 4.79 Å². The van der Waals surface area contributed by atoms with Crippen LogP contribution in [0, 0.1) is 13.8 Å². The van der Waals surface area contributed by atoms with Gasteiger partial charge in [0, 0.05) is 26.3 Å². The number of aryl methyl sites for hydroxylation is 2. The monoisotopic (exact) mass is 497 g/mol. The number of carbonyl (C=O) groups is 2. The van der Waals surface area contributed by atoms with Gasteiger partial charge >= 0.3 is 5.97 Å². The molecular formula is C21H27N3O7S2. The summed E-state index contributed by atoms with van der Waals surface area (Å²) in [6, 6.07) is 8.43. The number of anilines is 1. The Labute approximate surface area is 194 Å². The van der Waals surface area contributed by atoms with Crippen LogP contribution in [0.15, 0.2) is 46.2 Å². The van der Waals surface area contributed by atoms with Gasteiger partial charge in [-0.1, -0.05) is 19.1 Å². The molecule has 0 fully saturated rings. The maximum atomic E-state index is 12.5. The van der Waals surface area contributed by atoms with Gasteiger partial charge in [-0.05, 0) is 49.2 Å². The largest absolute Gasteiger partial charge is 0.452 e. The van der Waals surface area contributed by atoms with E-state index >= 15 is 0 Å². The van der Waals surface area contributed by atoms with Crippen molar-refractivity contribution < 1.29 is 31.2 Å². The highest BCUT2D eigenvalue weighted by Gasteiger charge is 2.21. The van der Waals surface area contributed by atoms with Crippen LogP contribution in [0.1, 0.15) is 28.4 Å². The molecule has 0 unspecified atom stereocenters. The van der Waals surface area contributed by atoms with Crippen LogP contribution in [0.4, 0.5) is 5.69 Å². The second-order valence-electron chi connectivity index (χ2n) is 7.37. The number of carbonyl (C=O) groups excluding carboxylic acids is 2. The van der Waals surface area contributed by atoms with Crippen molar-refractivity contribution in [1.82, 2.24) is 9.03 Å². The fourth-order valence-electron chi connectivity index (χ4n) is 2.82.